The number of methoxy groups -OCH3 is 1. The van der Waals surface area contributed by atoms with Gasteiger partial charge in [0, 0.05) is 11.6 Å². The Kier molecular flexibility index (Phi) is 5.61. The van der Waals surface area contributed by atoms with E-state index in [1.165, 1.54) is 11.6 Å². The van der Waals surface area contributed by atoms with Crippen molar-refractivity contribution < 1.29 is 14.6 Å². The number of hydrogen-bond donors (Lipinski definition) is 1. The molecule has 0 aliphatic heterocycles. The van der Waals surface area contributed by atoms with E-state index in [1.807, 2.05) is 18.2 Å². The number of ether oxygens (including phenoxy) is 1. The molecule has 104 valence electrons. The van der Waals surface area contributed by atoms with Gasteiger partial charge in [-0.25, -0.2) is 4.79 Å². The van der Waals surface area contributed by atoms with Gasteiger partial charge in [-0.3, -0.25) is 0 Å². The van der Waals surface area contributed by atoms with Crippen LogP contribution >= 0.6 is 0 Å². The molecule has 0 spiro atoms. The van der Waals surface area contributed by atoms with Crippen molar-refractivity contribution >= 4 is 11.5 Å². The van der Waals surface area contributed by atoms with Crippen LogP contribution in [-0.2, 0) is 11.2 Å². The zero-order valence-electron chi connectivity index (χ0n) is 12.1. The van der Waals surface area contributed by atoms with Crippen LogP contribution in [0.1, 0.15) is 38.3 Å². The average molecular weight is 262 g/mol. The summed E-state index contributed by atoms with van der Waals surface area (Å²) in [5, 5.41) is 9.03. The minimum absolute atomic E-state index is 0.389. The summed E-state index contributed by atoms with van der Waals surface area (Å²) >= 11 is 0. The Morgan fingerprint density at radius 2 is 2.11 bits per heavy atom. The third-order valence-electron chi connectivity index (χ3n) is 2.94. The van der Waals surface area contributed by atoms with Crippen LogP contribution in [0.25, 0.3) is 5.57 Å². The Balaban J connectivity index is 3.30. The third kappa shape index (κ3) is 4.43. The van der Waals surface area contributed by atoms with Gasteiger partial charge in [0.25, 0.3) is 0 Å². The molecule has 0 aliphatic carbocycles. The molecular weight excluding hydrogens is 240 g/mol. The number of rotatable bonds is 6. The Bertz CT molecular complexity index is 473. The first-order valence-electron chi connectivity index (χ1n) is 6.58. The van der Waals surface area contributed by atoms with Gasteiger partial charge in [-0.1, -0.05) is 26.8 Å². The smallest absolute Gasteiger partial charge is 0.328 e. The van der Waals surface area contributed by atoms with Crippen LogP contribution in [0.2, 0.25) is 0 Å². The van der Waals surface area contributed by atoms with Gasteiger partial charge in [0.1, 0.15) is 5.75 Å². The first-order chi connectivity index (χ1) is 8.97. The topological polar surface area (TPSA) is 46.5 Å². The molecule has 0 aliphatic rings. The van der Waals surface area contributed by atoms with E-state index in [4.69, 9.17) is 9.84 Å². The summed E-state index contributed by atoms with van der Waals surface area (Å²) in [5.74, 6) is 0.200. The van der Waals surface area contributed by atoms with Gasteiger partial charge in [0.2, 0.25) is 0 Å². The lowest BCUT2D eigenvalue weighted by Crippen LogP contribution is -2.00. The van der Waals surface area contributed by atoms with Crippen molar-refractivity contribution in [3.8, 4) is 5.75 Å². The second-order valence-electron chi connectivity index (χ2n) is 4.99. The molecular formula is C16H22O3. The predicted molar refractivity (Wildman–Crippen MR) is 77.4 cm³/mol. The lowest BCUT2D eigenvalue weighted by Gasteiger charge is -2.15. The first kappa shape index (κ1) is 15.3. The van der Waals surface area contributed by atoms with Gasteiger partial charge >= 0.3 is 5.97 Å². The van der Waals surface area contributed by atoms with Gasteiger partial charge in [-0.15, -0.1) is 0 Å². The highest BCUT2D eigenvalue weighted by atomic mass is 16.5. The fraction of sp³-hybridized carbons (Fsp3) is 0.438. The molecule has 1 aromatic carbocycles. The van der Waals surface area contributed by atoms with E-state index in [0.717, 1.165) is 29.7 Å². The Morgan fingerprint density at radius 1 is 1.42 bits per heavy atom. The molecule has 3 heteroatoms. The third-order valence-corrected chi connectivity index (χ3v) is 2.94. The fourth-order valence-electron chi connectivity index (χ4n) is 2.06. The number of carbonyl (C=O) groups is 1. The molecule has 0 amide bonds. The predicted octanol–water partition coefficient (Wildman–Crippen LogP) is 3.77. The molecule has 0 unspecified atom stereocenters. The number of allylic oxidation sites excluding steroid dienone is 1. The molecule has 0 heterocycles. The number of aliphatic carboxylic acids is 1. The summed E-state index contributed by atoms with van der Waals surface area (Å²) in [7, 11) is 1.61. The highest BCUT2D eigenvalue weighted by Gasteiger charge is 2.12. The van der Waals surface area contributed by atoms with Crippen molar-refractivity contribution in [3.05, 3.63) is 35.4 Å². The van der Waals surface area contributed by atoms with Crippen molar-refractivity contribution in [2.75, 3.05) is 7.11 Å². The van der Waals surface area contributed by atoms with Crippen LogP contribution in [0.4, 0.5) is 0 Å². The van der Waals surface area contributed by atoms with Crippen LogP contribution < -0.4 is 4.74 Å². The maximum atomic E-state index is 11.0. The van der Waals surface area contributed by atoms with Gasteiger partial charge < -0.3 is 9.84 Å². The van der Waals surface area contributed by atoms with Crippen LogP contribution in [0.15, 0.2) is 24.3 Å². The maximum Gasteiger partial charge on any atom is 0.328 e. The van der Waals surface area contributed by atoms with Crippen LogP contribution in [0.5, 0.6) is 5.75 Å². The number of benzene rings is 1. The van der Waals surface area contributed by atoms with E-state index in [-0.39, 0.29) is 0 Å². The zero-order chi connectivity index (χ0) is 14.4. The summed E-state index contributed by atoms with van der Waals surface area (Å²) in [5.41, 5.74) is 2.88. The lowest BCUT2D eigenvalue weighted by molar-refractivity contribution is -0.131. The molecule has 0 saturated carbocycles. The van der Waals surface area contributed by atoms with Crippen molar-refractivity contribution in [1.29, 1.82) is 0 Å². The molecule has 0 bridgehead atoms. The molecule has 0 saturated heterocycles. The molecule has 1 aromatic rings. The maximum absolute atomic E-state index is 11.0. The van der Waals surface area contributed by atoms with Crippen LogP contribution in [-0.4, -0.2) is 18.2 Å². The monoisotopic (exact) mass is 262 g/mol. The SMILES string of the molecule is CCc1ccc(OC)c(/C(=C/C(=O)O)CC(C)C)c1. The Morgan fingerprint density at radius 3 is 2.58 bits per heavy atom. The molecule has 0 fully saturated rings. The summed E-state index contributed by atoms with van der Waals surface area (Å²) < 4.78 is 5.36. The fourth-order valence-corrected chi connectivity index (χ4v) is 2.06. The van der Waals surface area contributed by atoms with Gasteiger partial charge in [-0.05, 0) is 42.0 Å². The number of aryl methyl sites for hydroxylation is 1. The molecule has 1 N–H and O–H groups in total. The molecule has 19 heavy (non-hydrogen) atoms. The van der Waals surface area contributed by atoms with E-state index in [1.54, 1.807) is 7.11 Å². The molecule has 3 nitrogen and oxygen atoms in total. The number of carboxylic acid groups (broad SMARTS) is 1. The quantitative estimate of drug-likeness (QED) is 0.794. The highest BCUT2D eigenvalue weighted by molar-refractivity contribution is 5.91. The molecule has 0 radical (unpaired) electrons. The van der Waals surface area contributed by atoms with Crippen molar-refractivity contribution in [1.82, 2.24) is 0 Å². The highest BCUT2D eigenvalue weighted by Crippen LogP contribution is 2.31. The van der Waals surface area contributed by atoms with Crippen molar-refractivity contribution in [2.45, 2.75) is 33.6 Å². The summed E-state index contributed by atoms with van der Waals surface area (Å²) in [6.45, 7) is 6.23. The number of carboxylic acids is 1. The Hall–Kier alpha value is -1.77. The van der Waals surface area contributed by atoms with Crippen molar-refractivity contribution in [3.63, 3.8) is 0 Å². The molecule has 1 rings (SSSR count). The van der Waals surface area contributed by atoms with E-state index in [9.17, 15) is 4.79 Å². The average Bonchev–Trinajstić information content (AvgIpc) is 2.36. The summed E-state index contributed by atoms with van der Waals surface area (Å²) in [6, 6.07) is 5.94. The van der Waals surface area contributed by atoms with Crippen molar-refractivity contribution in [2.24, 2.45) is 5.92 Å². The lowest BCUT2D eigenvalue weighted by atomic mass is 9.93. The second-order valence-corrected chi connectivity index (χ2v) is 4.99. The first-order valence-corrected chi connectivity index (χ1v) is 6.58. The van der Waals surface area contributed by atoms with Gasteiger partial charge in [0.05, 0.1) is 7.11 Å². The zero-order valence-corrected chi connectivity index (χ0v) is 12.1. The van der Waals surface area contributed by atoms with E-state index in [0.29, 0.717) is 5.92 Å². The summed E-state index contributed by atoms with van der Waals surface area (Å²) in [6.07, 6.45) is 2.92. The minimum atomic E-state index is -0.917. The van der Waals surface area contributed by atoms with Gasteiger partial charge in [-0.2, -0.15) is 0 Å². The van der Waals surface area contributed by atoms with E-state index >= 15 is 0 Å². The second kappa shape index (κ2) is 6.98. The largest absolute Gasteiger partial charge is 0.496 e. The van der Waals surface area contributed by atoms with E-state index in [2.05, 4.69) is 20.8 Å². The molecule has 0 atom stereocenters. The summed E-state index contributed by atoms with van der Waals surface area (Å²) in [4.78, 5) is 11.0. The number of hydrogen-bond acceptors (Lipinski definition) is 2. The normalized spacial score (nSPS) is 11.7. The van der Waals surface area contributed by atoms with Crippen LogP contribution in [0, 0.1) is 5.92 Å². The molecule has 0 aromatic heterocycles. The van der Waals surface area contributed by atoms with E-state index < -0.39 is 5.97 Å². The standard InChI is InChI=1S/C16H22O3/c1-5-12-6-7-15(19-4)14(9-12)13(8-11(2)3)10-16(17)18/h6-7,9-11H,5,8H2,1-4H3,(H,17,18)/b13-10+. The Labute approximate surface area is 114 Å². The van der Waals surface area contributed by atoms with Crippen LogP contribution in [0.3, 0.4) is 0 Å². The minimum Gasteiger partial charge on any atom is -0.496 e. The van der Waals surface area contributed by atoms with Gasteiger partial charge in [0.15, 0.2) is 0 Å².